The summed E-state index contributed by atoms with van der Waals surface area (Å²) in [6, 6.07) is 8.77. The van der Waals surface area contributed by atoms with Crippen molar-refractivity contribution in [1.29, 1.82) is 0 Å². The van der Waals surface area contributed by atoms with Gasteiger partial charge in [0.15, 0.2) is 0 Å². The Morgan fingerprint density at radius 3 is 3.00 bits per heavy atom. The first-order valence-corrected chi connectivity index (χ1v) is 5.92. The highest BCUT2D eigenvalue weighted by atomic mass is 15.3. The SMILES string of the molecule is C=CN1CCCN(Cc2cccc(C)c2)C1. The van der Waals surface area contributed by atoms with Crippen LogP contribution in [0.3, 0.4) is 0 Å². The van der Waals surface area contributed by atoms with E-state index >= 15 is 0 Å². The first-order chi connectivity index (χ1) is 7.78. The smallest absolute Gasteiger partial charge is 0.0704 e. The van der Waals surface area contributed by atoms with Crippen LogP contribution in [0.5, 0.6) is 0 Å². The molecule has 1 fully saturated rings. The predicted molar refractivity (Wildman–Crippen MR) is 68.0 cm³/mol. The van der Waals surface area contributed by atoms with Crippen LogP contribution in [0, 0.1) is 6.92 Å². The largest absolute Gasteiger partial charge is 0.365 e. The average molecular weight is 216 g/mol. The average Bonchev–Trinajstić information content (AvgIpc) is 2.29. The van der Waals surface area contributed by atoms with Gasteiger partial charge in [0.25, 0.3) is 0 Å². The van der Waals surface area contributed by atoms with E-state index in [-0.39, 0.29) is 0 Å². The van der Waals surface area contributed by atoms with Crippen molar-refractivity contribution in [2.24, 2.45) is 0 Å². The number of hydrogen-bond donors (Lipinski definition) is 0. The summed E-state index contributed by atoms with van der Waals surface area (Å²) in [4.78, 5) is 4.75. The van der Waals surface area contributed by atoms with Crippen LogP contribution in [0.4, 0.5) is 0 Å². The Hall–Kier alpha value is -1.28. The fourth-order valence-corrected chi connectivity index (χ4v) is 2.24. The minimum Gasteiger partial charge on any atom is -0.365 e. The molecule has 1 aliphatic heterocycles. The van der Waals surface area contributed by atoms with Crippen molar-refractivity contribution < 1.29 is 0 Å². The molecular weight excluding hydrogens is 196 g/mol. The number of aryl methyl sites for hydroxylation is 1. The zero-order valence-electron chi connectivity index (χ0n) is 10.0. The van der Waals surface area contributed by atoms with Gasteiger partial charge < -0.3 is 4.90 Å². The monoisotopic (exact) mass is 216 g/mol. The van der Waals surface area contributed by atoms with E-state index in [1.165, 1.54) is 24.1 Å². The maximum atomic E-state index is 3.84. The molecule has 0 atom stereocenters. The lowest BCUT2D eigenvalue weighted by atomic mass is 10.1. The van der Waals surface area contributed by atoms with Crippen molar-refractivity contribution in [3.63, 3.8) is 0 Å². The lowest BCUT2D eigenvalue weighted by Crippen LogP contribution is -2.41. The molecule has 1 aromatic carbocycles. The standard InChI is InChI=1S/C14H20N2/c1-3-15-8-5-9-16(12-15)11-14-7-4-6-13(2)10-14/h3-4,6-7,10H,1,5,8-9,11-12H2,2H3. The highest BCUT2D eigenvalue weighted by Gasteiger charge is 2.14. The molecule has 0 spiro atoms. The lowest BCUT2D eigenvalue weighted by Gasteiger charge is -2.34. The number of benzene rings is 1. The maximum Gasteiger partial charge on any atom is 0.0704 e. The quantitative estimate of drug-likeness (QED) is 0.766. The van der Waals surface area contributed by atoms with E-state index in [2.05, 4.69) is 47.6 Å². The van der Waals surface area contributed by atoms with E-state index in [0.717, 1.165) is 19.8 Å². The molecule has 0 bridgehead atoms. The summed E-state index contributed by atoms with van der Waals surface area (Å²) in [5, 5.41) is 0. The summed E-state index contributed by atoms with van der Waals surface area (Å²) >= 11 is 0. The van der Waals surface area contributed by atoms with E-state index in [1.807, 2.05) is 6.20 Å². The Bertz CT molecular complexity index is 360. The summed E-state index contributed by atoms with van der Waals surface area (Å²) in [5.74, 6) is 0. The fraction of sp³-hybridized carbons (Fsp3) is 0.429. The molecule has 0 N–H and O–H groups in total. The first-order valence-electron chi connectivity index (χ1n) is 5.92. The zero-order valence-corrected chi connectivity index (χ0v) is 10.0. The number of nitrogens with zero attached hydrogens (tertiary/aromatic N) is 2. The van der Waals surface area contributed by atoms with Gasteiger partial charge in [0.2, 0.25) is 0 Å². The first kappa shape index (κ1) is 11.2. The molecule has 0 saturated carbocycles. The molecule has 1 heterocycles. The summed E-state index contributed by atoms with van der Waals surface area (Å²) in [6.45, 7) is 10.4. The fourth-order valence-electron chi connectivity index (χ4n) is 2.24. The van der Waals surface area contributed by atoms with Gasteiger partial charge in [-0.15, -0.1) is 0 Å². The minimum absolute atomic E-state index is 1.01. The lowest BCUT2D eigenvalue weighted by molar-refractivity contribution is 0.117. The van der Waals surface area contributed by atoms with Crippen LogP contribution in [-0.4, -0.2) is 29.6 Å². The molecule has 86 valence electrons. The van der Waals surface area contributed by atoms with Crippen molar-refractivity contribution in [2.45, 2.75) is 19.9 Å². The second-order valence-corrected chi connectivity index (χ2v) is 4.53. The van der Waals surface area contributed by atoms with Gasteiger partial charge in [0.1, 0.15) is 0 Å². The van der Waals surface area contributed by atoms with Crippen LogP contribution in [0.25, 0.3) is 0 Å². The third kappa shape index (κ3) is 2.86. The van der Waals surface area contributed by atoms with Gasteiger partial charge in [-0.05, 0) is 25.1 Å². The summed E-state index contributed by atoms with van der Waals surface area (Å²) in [5.41, 5.74) is 2.75. The van der Waals surface area contributed by atoms with E-state index in [1.54, 1.807) is 0 Å². The second-order valence-electron chi connectivity index (χ2n) is 4.53. The van der Waals surface area contributed by atoms with Crippen LogP contribution in [0.1, 0.15) is 17.5 Å². The molecule has 1 saturated heterocycles. The van der Waals surface area contributed by atoms with Crippen LogP contribution in [0.15, 0.2) is 37.0 Å². The molecule has 0 unspecified atom stereocenters. The van der Waals surface area contributed by atoms with E-state index in [9.17, 15) is 0 Å². The van der Waals surface area contributed by atoms with E-state index < -0.39 is 0 Å². The topological polar surface area (TPSA) is 6.48 Å². The van der Waals surface area contributed by atoms with Crippen molar-refractivity contribution >= 4 is 0 Å². The van der Waals surface area contributed by atoms with E-state index in [0.29, 0.717) is 0 Å². The minimum atomic E-state index is 1.01. The van der Waals surface area contributed by atoms with Gasteiger partial charge in [-0.1, -0.05) is 36.4 Å². The molecule has 2 heteroatoms. The highest BCUT2D eigenvalue weighted by Crippen LogP contribution is 2.12. The van der Waals surface area contributed by atoms with Crippen molar-refractivity contribution in [1.82, 2.24) is 9.80 Å². The third-order valence-corrected chi connectivity index (χ3v) is 3.05. The summed E-state index contributed by atoms with van der Waals surface area (Å²) in [7, 11) is 0. The number of rotatable bonds is 3. The van der Waals surface area contributed by atoms with Crippen molar-refractivity contribution in [2.75, 3.05) is 19.8 Å². The predicted octanol–water partition coefficient (Wildman–Crippen LogP) is 2.60. The number of hydrogen-bond acceptors (Lipinski definition) is 2. The molecule has 0 aromatic heterocycles. The van der Waals surface area contributed by atoms with Crippen molar-refractivity contribution in [3.8, 4) is 0 Å². The Morgan fingerprint density at radius 2 is 2.25 bits per heavy atom. The molecule has 16 heavy (non-hydrogen) atoms. The molecular formula is C14H20N2. The van der Waals surface area contributed by atoms with Crippen molar-refractivity contribution in [3.05, 3.63) is 48.2 Å². The zero-order chi connectivity index (χ0) is 11.4. The normalized spacial score (nSPS) is 17.4. The van der Waals surface area contributed by atoms with Crippen LogP contribution < -0.4 is 0 Å². The molecule has 0 aliphatic carbocycles. The van der Waals surface area contributed by atoms with Gasteiger partial charge in [0, 0.05) is 19.6 Å². The van der Waals surface area contributed by atoms with Gasteiger partial charge in [-0.3, -0.25) is 4.90 Å². The Kier molecular flexibility index (Phi) is 3.62. The molecule has 0 amide bonds. The summed E-state index contributed by atoms with van der Waals surface area (Å²) < 4.78 is 0. The van der Waals surface area contributed by atoms with Crippen LogP contribution in [-0.2, 0) is 6.54 Å². The molecule has 1 aromatic rings. The molecule has 2 nitrogen and oxygen atoms in total. The third-order valence-electron chi connectivity index (χ3n) is 3.05. The van der Waals surface area contributed by atoms with Gasteiger partial charge in [-0.2, -0.15) is 0 Å². The summed E-state index contributed by atoms with van der Waals surface area (Å²) in [6.07, 6.45) is 3.18. The Balaban J connectivity index is 1.96. The van der Waals surface area contributed by atoms with Gasteiger partial charge in [-0.25, -0.2) is 0 Å². The molecule has 1 aliphatic rings. The molecule has 2 rings (SSSR count). The van der Waals surface area contributed by atoms with Crippen LogP contribution >= 0.6 is 0 Å². The van der Waals surface area contributed by atoms with Gasteiger partial charge >= 0.3 is 0 Å². The maximum absolute atomic E-state index is 3.84. The highest BCUT2D eigenvalue weighted by molar-refractivity contribution is 5.22. The molecule has 0 radical (unpaired) electrons. The van der Waals surface area contributed by atoms with E-state index in [4.69, 9.17) is 0 Å². The Morgan fingerprint density at radius 1 is 1.38 bits per heavy atom. The second kappa shape index (κ2) is 5.17. The van der Waals surface area contributed by atoms with Crippen LogP contribution in [0.2, 0.25) is 0 Å². The van der Waals surface area contributed by atoms with Gasteiger partial charge in [0.05, 0.1) is 6.67 Å². The Labute approximate surface area is 98.2 Å².